The maximum Gasteiger partial charge on any atom is 0.416 e. The van der Waals surface area contributed by atoms with Crippen molar-refractivity contribution >= 4 is 39.1 Å². The van der Waals surface area contributed by atoms with Crippen LogP contribution in [0.5, 0.6) is 11.5 Å². The summed E-state index contributed by atoms with van der Waals surface area (Å²) in [6, 6.07) is 15.7. The number of ether oxygens (including phenoxy) is 1. The second kappa shape index (κ2) is 7.96. The smallest absolute Gasteiger partial charge is 0.416 e. The summed E-state index contributed by atoms with van der Waals surface area (Å²) in [5.74, 6) is -0.170. The highest BCUT2D eigenvalue weighted by Gasteiger charge is 2.33. The molecule has 0 aliphatic carbocycles. The van der Waals surface area contributed by atoms with Crippen molar-refractivity contribution in [1.29, 1.82) is 0 Å². The number of hydrogen-bond acceptors (Lipinski definition) is 6. The molecule has 0 fully saturated rings. The van der Waals surface area contributed by atoms with Crippen molar-refractivity contribution in [2.45, 2.75) is 6.18 Å². The minimum absolute atomic E-state index is 0.163. The minimum atomic E-state index is -4.72. The fraction of sp³-hybridized carbons (Fsp3) is 0.0435. The summed E-state index contributed by atoms with van der Waals surface area (Å²) in [6.07, 6.45) is -3.09. The zero-order valence-corrected chi connectivity index (χ0v) is 17.8. The van der Waals surface area contributed by atoms with Gasteiger partial charge in [0.2, 0.25) is 5.75 Å². The monoisotopic (exact) mass is 483 g/mol. The van der Waals surface area contributed by atoms with Crippen LogP contribution in [0.3, 0.4) is 0 Å². The molecular weight excluding hydrogens is 471 g/mol. The standard InChI is InChI=1S/C23H12F3N3O4S/c24-23(25,26)14-8-9-19(18(12-14)29(31)32)33-15-5-3-4-13(10-15)11-20-21(30)28-17-7-2-1-6-16(17)27-22(28)34-20/h1-12H/b20-11+. The van der Waals surface area contributed by atoms with E-state index in [0.717, 1.165) is 6.07 Å². The van der Waals surface area contributed by atoms with Crippen LogP contribution in [0.4, 0.5) is 18.9 Å². The van der Waals surface area contributed by atoms with Crippen LogP contribution in [0.25, 0.3) is 22.1 Å². The van der Waals surface area contributed by atoms with Gasteiger partial charge in [-0.05, 0) is 48.0 Å². The van der Waals surface area contributed by atoms with Crippen molar-refractivity contribution in [2.24, 2.45) is 0 Å². The summed E-state index contributed by atoms with van der Waals surface area (Å²) in [5.41, 5.74) is -0.211. The normalized spacial score (nSPS) is 12.5. The molecule has 0 spiro atoms. The van der Waals surface area contributed by atoms with E-state index in [1.807, 2.05) is 18.2 Å². The van der Waals surface area contributed by atoms with Gasteiger partial charge in [0.25, 0.3) is 5.56 Å². The zero-order chi connectivity index (χ0) is 24.0. The Bertz CT molecular complexity index is 1690. The molecule has 0 saturated carbocycles. The lowest BCUT2D eigenvalue weighted by Crippen LogP contribution is -2.22. The second-order valence-corrected chi connectivity index (χ2v) is 8.26. The SMILES string of the molecule is O=c1/c(=C\c2cccc(Oc3ccc(C(F)(F)F)cc3[N+](=O)[O-])c2)sc2nc3ccccc3n12. The number of imidazole rings is 1. The lowest BCUT2D eigenvalue weighted by Gasteiger charge is -2.10. The number of halogens is 3. The lowest BCUT2D eigenvalue weighted by atomic mass is 10.1. The molecule has 0 saturated heterocycles. The van der Waals surface area contributed by atoms with Crippen LogP contribution in [0, 0.1) is 10.1 Å². The van der Waals surface area contributed by atoms with Crippen LogP contribution in [-0.4, -0.2) is 14.3 Å². The number of nitrogens with zero attached hydrogens (tertiary/aromatic N) is 3. The molecule has 11 heteroatoms. The Balaban J connectivity index is 1.52. The first-order valence-corrected chi connectivity index (χ1v) is 10.6. The van der Waals surface area contributed by atoms with Crippen molar-refractivity contribution in [3.8, 4) is 11.5 Å². The predicted molar refractivity (Wildman–Crippen MR) is 120 cm³/mol. The molecule has 0 atom stereocenters. The maximum absolute atomic E-state index is 12.9. The molecule has 3 aromatic carbocycles. The molecule has 0 radical (unpaired) electrons. The fourth-order valence-corrected chi connectivity index (χ4v) is 4.47. The molecule has 0 aliphatic rings. The molecule has 0 amide bonds. The number of nitro benzene ring substituents is 1. The van der Waals surface area contributed by atoms with Crippen LogP contribution in [0.1, 0.15) is 11.1 Å². The average molecular weight is 483 g/mol. The molecule has 2 heterocycles. The van der Waals surface area contributed by atoms with Crippen molar-refractivity contribution < 1.29 is 22.8 Å². The molecule has 5 rings (SSSR count). The zero-order valence-electron chi connectivity index (χ0n) is 16.9. The van der Waals surface area contributed by atoms with E-state index in [1.165, 1.54) is 27.9 Å². The number of alkyl halides is 3. The largest absolute Gasteiger partial charge is 0.450 e. The second-order valence-electron chi connectivity index (χ2n) is 7.25. The van der Waals surface area contributed by atoms with Gasteiger partial charge in [-0.25, -0.2) is 9.38 Å². The first-order valence-electron chi connectivity index (χ1n) is 9.76. The summed E-state index contributed by atoms with van der Waals surface area (Å²) in [5, 5.41) is 11.3. The quantitative estimate of drug-likeness (QED) is 0.260. The first kappa shape index (κ1) is 21.6. The Morgan fingerprint density at radius 2 is 1.85 bits per heavy atom. The number of fused-ring (bicyclic) bond motifs is 3. The predicted octanol–water partition coefficient (Wildman–Crippen LogP) is 5.18. The van der Waals surface area contributed by atoms with Crippen LogP contribution in [-0.2, 0) is 6.18 Å². The number of nitro groups is 1. The van der Waals surface area contributed by atoms with Crippen LogP contribution >= 0.6 is 11.3 Å². The molecule has 0 bridgehead atoms. The highest BCUT2D eigenvalue weighted by atomic mass is 32.1. The Hall–Kier alpha value is -4.25. The Labute approximate surface area is 192 Å². The summed E-state index contributed by atoms with van der Waals surface area (Å²) >= 11 is 1.21. The Morgan fingerprint density at radius 3 is 2.62 bits per heavy atom. The van der Waals surface area contributed by atoms with Gasteiger partial charge < -0.3 is 4.74 Å². The van der Waals surface area contributed by atoms with Gasteiger partial charge in [0.1, 0.15) is 5.75 Å². The summed E-state index contributed by atoms with van der Waals surface area (Å²) in [7, 11) is 0. The Morgan fingerprint density at radius 1 is 1.06 bits per heavy atom. The van der Waals surface area contributed by atoms with E-state index in [9.17, 15) is 28.1 Å². The van der Waals surface area contributed by atoms with Gasteiger partial charge in [0.15, 0.2) is 4.96 Å². The van der Waals surface area contributed by atoms with E-state index in [1.54, 1.807) is 24.3 Å². The maximum atomic E-state index is 12.9. The molecule has 170 valence electrons. The minimum Gasteiger partial charge on any atom is -0.450 e. The fourth-order valence-electron chi connectivity index (χ4n) is 3.48. The number of rotatable bonds is 4. The van der Waals surface area contributed by atoms with E-state index in [4.69, 9.17) is 4.74 Å². The molecule has 5 aromatic rings. The van der Waals surface area contributed by atoms with Gasteiger partial charge in [-0.2, -0.15) is 13.2 Å². The van der Waals surface area contributed by atoms with Crippen LogP contribution < -0.4 is 14.8 Å². The molecule has 0 unspecified atom stereocenters. The number of thiazole rings is 1. The number of aromatic nitrogens is 2. The number of para-hydroxylation sites is 2. The van der Waals surface area contributed by atoms with Gasteiger partial charge in [-0.1, -0.05) is 35.6 Å². The topological polar surface area (TPSA) is 86.7 Å². The van der Waals surface area contributed by atoms with E-state index < -0.39 is 22.4 Å². The molecule has 34 heavy (non-hydrogen) atoms. The third-order valence-electron chi connectivity index (χ3n) is 5.01. The van der Waals surface area contributed by atoms with Gasteiger partial charge >= 0.3 is 11.9 Å². The van der Waals surface area contributed by atoms with E-state index in [-0.39, 0.29) is 17.1 Å². The lowest BCUT2D eigenvalue weighted by molar-refractivity contribution is -0.385. The van der Waals surface area contributed by atoms with E-state index in [0.29, 0.717) is 38.2 Å². The van der Waals surface area contributed by atoms with E-state index >= 15 is 0 Å². The van der Waals surface area contributed by atoms with Gasteiger partial charge in [0.05, 0.1) is 26.1 Å². The summed E-state index contributed by atoms with van der Waals surface area (Å²) in [4.78, 5) is 28.3. The molecule has 0 N–H and O–H groups in total. The third-order valence-corrected chi connectivity index (χ3v) is 5.98. The highest BCUT2D eigenvalue weighted by Crippen LogP contribution is 2.38. The van der Waals surface area contributed by atoms with Crippen molar-refractivity contribution in [3.05, 3.63) is 103 Å². The van der Waals surface area contributed by atoms with Gasteiger partial charge in [-0.15, -0.1) is 0 Å². The number of benzene rings is 3. The van der Waals surface area contributed by atoms with E-state index in [2.05, 4.69) is 4.98 Å². The van der Waals surface area contributed by atoms with Crippen molar-refractivity contribution in [3.63, 3.8) is 0 Å². The first-order chi connectivity index (χ1) is 16.2. The Kier molecular flexibility index (Phi) is 5.05. The third kappa shape index (κ3) is 3.86. The summed E-state index contributed by atoms with van der Waals surface area (Å²) in [6.45, 7) is 0. The van der Waals surface area contributed by atoms with Crippen molar-refractivity contribution in [2.75, 3.05) is 0 Å². The van der Waals surface area contributed by atoms with Gasteiger partial charge in [0, 0.05) is 6.07 Å². The number of hydrogen-bond donors (Lipinski definition) is 0. The summed E-state index contributed by atoms with van der Waals surface area (Å²) < 4.78 is 46.2. The average Bonchev–Trinajstić information content (AvgIpc) is 3.29. The van der Waals surface area contributed by atoms with Crippen LogP contribution in [0.15, 0.2) is 71.5 Å². The molecular formula is C23H12F3N3O4S. The molecule has 7 nitrogen and oxygen atoms in total. The highest BCUT2D eigenvalue weighted by molar-refractivity contribution is 7.15. The van der Waals surface area contributed by atoms with Crippen LogP contribution in [0.2, 0.25) is 0 Å². The molecule has 2 aromatic heterocycles. The molecule has 0 aliphatic heterocycles. The van der Waals surface area contributed by atoms with Gasteiger partial charge in [-0.3, -0.25) is 14.9 Å². The van der Waals surface area contributed by atoms with Crippen molar-refractivity contribution in [1.82, 2.24) is 9.38 Å².